The van der Waals surface area contributed by atoms with E-state index in [1.165, 1.54) is 0 Å². The molecular formula is C26H32O10. The molecule has 1 aliphatic carbocycles. The Morgan fingerprint density at radius 2 is 1.69 bits per heavy atom. The standard InChI is InChI=1S/C26H32O10/c1-31-20-7-14-5-15(9-27)17(10-33-26-25(30)24(29)18(28)11-34-26)23(16(14)8-21(20)32-2)13-3-4-19-22(6-13)36-12-35-19/h3-4,6-8,15,17-18,23-30H,5,9-12H2,1-2H3/t15?,17?,18-,23?,24+,25-,26-/m1/s1. The number of benzene rings is 2. The lowest BCUT2D eigenvalue weighted by atomic mass is 9.67. The largest absolute Gasteiger partial charge is 0.493 e. The van der Waals surface area contributed by atoms with E-state index in [9.17, 15) is 20.4 Å². The quantitative estimate of drug-likeness (QED) is 0.429. The Morgan fingerprint density at radius 3 is 2.44 bits per heavy atom. The third-order valence-corrected chi connectivity index (χ3v) is 7.39. The average molecular weight is 505 g/mol. The molecule has 196 valence electrons. The van der Waals surface area contributed by atoms with Gasteiger partial charge in [-0.05, 0) is 59.2 Å². The molecule has 0 spiro atoms. The zero-order chi connectivity index (χ0) is 25.4. The highest BCUT2D eigenvalue weighted by Crippen LogP contribution is 2.49. The van der Waals surface area contributed by atoms with E-state index >= 15 is 0 Å². The van der Waals surface area contributed by atoms with Gasteiger partial charge in [-0.15, -0.1) is 0 Å². The first kappa shape index (κ1) is 25.1. The molecule has 2 aliphatic heterocycles. The summed E-state index contributed by atoms with van der Waals surface area (Å²) < 4.78 is 33.7. The molecule has 7 atom stereocenters. The summed E-state index contributed by atoms with van der Waals surface area (Å²) in [5.41, 5.74) is 2.98. The molecule has 3 unspecified atom stereocenters. The summed E-state index contributed by atoms with van der Waals surface area (Å²) in [6.07, 6.45) is -4.48. The molecule has 5 rings (SSSR count). The molecule has 1 fully saturated rings. The van der Waals surface area contributed by atoms with Gasteiger partial charge in [0.1, 0.15) is 18.3 Å². The first-order chi connectivity index (χ1) is 17.4. The highest BCUT2D eigenvalue weighted by molar-refractivity contribution is 5.54. The summed E-state index contributed by atoms with van der Waals surface area (Å²) in [5.74, 6) is 1.88. The second kappa shape index (κ2) is 10.4. The van der Waals surface area contributed by atoms with Crippen molar-refractivity contribution in [3.63, 3.8) is 0 Å². The number of hydrogen-bond acceptors (Lipinski definition) is 10. The van der Waals surface area contributed by atoms with E-state index in [-0.39, 0.29) is 44.4 Å². The van der Waals surface area contributed by atoms with Gasteiger partial charge in [-0.2, -0.15) is 0 Å². The lowest BCUT2D eigenvalue weighted by Crippen LogP contribution is -2.54. The van der Waals surface area contributed by atoms with Crippen LogP contribution in [0.2, 0.25) is 0 Å². The molecule has 1 saturated heterocycles. The molecule has 2 aromatic rings. The summed E-state index contributed by atoms with van der Waals surface area (Å²) in [4.78, 5) is 0. The van der Waals surface area contributed by atoms with E-state index in [2.05, 4.69) is 0 Å². The van der Waals surface area contributed by atoms with Crippen LogP contribution < -0.4 is 18.9 Å². The van der Waals surface area contributed by atoms with E-state index in [0.29, 0.717) is 29.4 Å². The predicted molar refractivity (Wildman–Crippen MR) is 125 cm³/mol. The van der Waals surface area contributed by atoms with Crippen LogP contribution in [0.1, 0.15) is 22.6 Å². The number of fused-ring (bicyclic) bond motifs is 2. The highest BCUT2D eigenvalue weighted by atomic mass is 16.7. The van der Waals surface area contributed by atoms with Gasteiger partial charge in [0.2, 0.25) is 6.79 Å². The average Bonchev–Trinajstić information content (AvgIpc) is 3.37. The summed E-state index contributed by atoms with van der Waals surface area (Å²) in [7, 11) is 3.17. The summed E-state index contributed by atoms with van der Waals surface area (Å²) in [6, 6.07) is 9.67. The van der Waals surface area contributed by atoms with Crippen LogP contribution in [0.5, 0.6) is 23.0 Å². The van der Waals surface area contributed by atoms with Gasteiger partial charge in [0, 0.05) is 12.5 Å². The molecule has 2 heterocycles. The molecule has 0 aromatic heterocycles. The van der Waals surface area contributed by atoms with E-state index < -0.39 is 24.6 Å². The van der Waals surface area contributed by atoms with Crippen molar-refractivity contribution < 1.29 is 48.8 Å². The maximum absolute atomic E-state index is 10.4. The lowest BCUT2D eigenvalue weighted by molar-refractivity contribution is -0.274. The number of aliphatic hydroxyl groups excluding tert-OH is 4. The van der Waals surface area contributed by atoms with Crippen molar-refractivity contribution in [2.45, 2.75) is 36.9 Å². The van der Waals surface area contributed by atoms with Crippen LogP contribution >= 0.6 is 0 Å². The fraction of sp³-hybridized carbons (Fsp3) is 0.538. The normalized spacial score (nSPS) is 31.1. The lowest BCUT2D eigenvalue weighted by Gasteiger charge is -2.41. The first-order valence-electron chi connectivity index (χ1n) is 12.0. The molecule has 10 nitrogen and oxygen atoms in total. The maximum Gasteiger partial charge on any atom is 0.231 e. The van der Waals surface area contributed by atoms with Crippen LogP contribution in [0.4, 0.5) is 0 Å². The second-order valence-corrected chi connectivity index (χ2v) is 9.39. The Morgan fingerprint density at radius 1 is 0.944 bits per heavy atom. The fourth-order valence-electron chi connectivity index (χ4n) is 5.44. The van der Waals surface area contributed by atoms with Crippen LogP contribution in [0, 0.1) is 11.8 Å². The number of aliphatic hydroxyl groups is 4. The number of ether oxygens (including phenoxy) is 6. The monoisotopic (exact) mass is 504 g/mol. The summed E-state index contributed by atoms with van der Waals surface area (Å²) in [6.45, 7) is 0.0469. The van der Waals surface area contributed by atoms with Crippen LogP contribution in [0.3, 0.4) is 0 Å². The van der Waals surface area contributed by atoms with E-state index in [4.69, 9.17) is 28.4 Å². The topological polar surface area (TPSA) is 136 Å². The van der Waals surface area contributed by atoms with Crippen molar-refractivity contribution in [3.8, 4) is 23.0 Å². The van der Waals surface area contributed by atoms with E-state index in [0.717, 1.165) is 16.7 Å². The van der Waals surface area contributed by atoms with Gasteiger partial charge in [-0.25, -0.2) is 0 Å². The van der Waals surface area contributed by atoms with E-state index in [1.54, 1.807) is 14.2 Å². The van der Waals surface area contributed by atoms with Gasteiger partial charge in [-0.3, -0.25) is 0 Å². The van der Waals surface area contributed by atoms with Gasteiger partial charge >= 0.3 is 0 Å². The zero-order valence-corrected chi connectivity index (χ0v) is 20.2. The third kappa shape index (κ3) is 4.49. The van der Waals surface area contributed by atoms with Gasteiger partial charge in [-0.1, -0.05) is 6.07 Å². The maximum atomic E-state index is 10.4. The fourth-order valence-corrected chi connectivity index (χ4v) is 5.44. The van der Waals surface area contributed by atoms with Gasteiger partial charge in [0.25, 0.3) is 0 Å². The van der Waals surface area contributed by atoms with Gasteiger partial charge in [0.05, 0.1) is 27.4 Å². The molecule has 0 amide bonds. The number of rotatable bonds is 7. The Balaban J connectivity index is 1.53. The van der Waals surface area contributed by atoms with Gasteiger partial charge in [0.15, 0.2) is 29.3 Å². The van der Waals surface area contributed by atoms with Crippen LogP contribution in [0.25, 0.3) is 0 Å². The predicted octanol–water partition coefficient (Wildman–Crippen LogP) is 0.801. The van der Waals surface area contributed by atoms with E-state index in [1.807, 2.05) is 30.3 Å². The SMILES string of the molecule is COc1cc2c(cc1OC)C(c1ccc3c(c1)OCO3)C(CO[C@@H]1OC[C@@H](O)[C@H](O)[C@H]1O)C(CO)C2. The van der Waals surface area contributed by atoms with Crippen molar-refractivity contribution in [2.75, 3.05) is 40.8 Å². The molecule has 0 bridgehead atoms. The number of hydrogen-bond donors (Lipinski definition) is 4. The second-order valence-electron chi connectivity index (χ2n) is 9.39. The van der Waals surface area contributed by atoms with Crippen molar-refractivity contribution in [1.29, 1.82) is 0 Å². The summed E-state index contributed by atoms with van der Waals surface area (Å²) >= 11 is 0. The Bertz CT molecular complexity index is 1070. The van der Waals surface area contributed by atoms with Crippen LogP contribution in [0.15, 0.2) is 30.3 Å². The van der Waals surface area contributed by atoms with Crippen molar-refractivity contribution in [3.05, 3.63) is 47.0 Å². The van der Waals surface area contributed by atoms with Crippen LogP contribution in [-0.2, 0) is 15.9 Å². The molecule has 36 heavy (non-hydrogen) atoms. The Hall–Kier alpha value is -2.60. The molecule has 0 saturated carbocycles. The number of methoxy groups -OCH3 is 2. The molecule has 3 aliphatic rings. The first-order valence-corrected chi connectivity index (χ1v) is 12.0. The smallest absolute Gasteiger partial charge is 0.231 e. The minimum atomic E-state index is -1.40. The molecule has 10 heteroatoms. The molecule has 2 aromatic carbocycles. The minimum Gasteiger partial charge on any atom is -0.493 e. The zero-order valence-electron chi connectivity index (χ0n) is 20.2. The minimum absolute atomic E-state index is 0.0850. The molecular weight excluding hydrogens is 472 g/mol. The molecule has 4 N–H and O–H groups in total. The third-order valence-electron chi connectivity index (χ3n) is 7.39. The summed E-state index contributed by atoms with van der Waals surface area (Å²) in [5, 5.41) is 40.6. The Labute approximate surface area is 208 Å². The molecule has 0 radical (unpaired) electrons. The van der Waals surface area contributed by atoms with Gasteiger partial charge < -0.3 is 48.8 Å². The van der Waals surface area contributed by atoms with Crippen molar-refractivity contribution >= 4 is 0 Å². The van der Waals surface area contributed by atoms with Crippen molar-refractivity contribution in [1.82, 2.24) is 0 Å². The van der Waals surface area contributed by atoms with Crippen molar-refractivity contribution in [2.24, 2.45) is 11.8 Å². The highest BCUT2D eigenvalue weighted by Gasteiger charge is 2.42. The van der Waals surface area contributed by atoms with Crippen LogP contribution in [-0.4, -0.2) is 85.9 Å². The Kier molecular flexibility index (Phi) is 7.25.